The zero-order valence-electron chi connectivity index (χ0n) is 16.8. The molecule has 2 fully saturated rings. The topological polar surface area (TPSA) is 61.9 Å². The van der Waals surface area contributed by atoms with E-state index in [2.05, 4.69) is 37.9 Å². The van der Waals surface area contributed by atoms with Gasteiger partial charge in [0, 0.05) is 37.4 Å². The fourth-order valence-electron chi connectivity index (χ4n) is 4.22. The minimum atomic E-state index is -0.212. The van der Waals surface area contributed by atoms with Crippen LogP contribution in [0.1, 0.15) is 40.5 Å². The molecule has 0 bridgehead atoms. The summed E-state index contributed by atoms with van der Waals surface area (Å²) in [6.45, 7) is 10.5. The van der Waals surface area contributed by atoms with E-state index in [0.717, 1.165) is 37.4 Å². The second kappa shape index (κ2) is 8.40. The molecular weight excluding hydrogens is 342 g/mol. The molecule has 0 saturated carbocycles. The molecule has 148 valence electrons. The number of nitrogens with one attached hydrogen (secondary N) is 1. The lowest BCUT2D eigenvalue weighted by Crippen LogP contribution is -2.55. The Balaban J connectivity index is 1.73. The smallest absolute Gasteiger partial charge is 0.241 e. The first-order valence-electron chi connectivity index (χ1n) is 9.96. The Morgan fingerprint density at radius 2 is 1.93 bits per heavy atom. The molecule has 2 amide bonds. The Bertz CT molecular complexity index is 681. The molecule has 3 unspecified atom stereocenters. The highest BCUT2D eigenvalue weighted by Gasteiger charge is 2.34. The van der Waals surface area contributed by atoms with Crippen molar-refractivity contribution in [2.45, 2.75) is 58.8 Å². The summed E-state index contributed by atoms with van der Waals surface area (Å²) in [6.07, 6.45) is 1.72. The Morgan fingerprint density at radius 3 is 2.52 bits per heavy atom. The van der Waals surface area contributed by atoms with E-state index in [1.165, 1.54) is 0 Å². The van der Waals surface area contributed by atoms with E-state index in [9.17, 15) is 9.59 Å². The van der Waals surface area contributed by atoms with Gasteiger partial charge in [-0.05, 0) is 44.4 Å². The lowest BCUT2D eigenvalue weighted by atomic mass is 9.99. The van der Waals surface area contributed by atoms with Crippen molar-refractivity contribution < 1.29 is 14.3 Å². The van der Waals surface area contributed by atoms with Crippen molar-refractivity contribution >= 4 is 23.2 Å². The monoisotopic (exact) mass is 373 g/mol. The van der Waals surface area contributed by atoms with Crippen LogP contribution in [0.4, 0.5) is 11.4 Å². The molecule has 0 aliphatic carbocycles. The molecule has 6 heteroatoms. The molecule has 2 aliphatic rings. The van der Waals surface area contributed by atoms with E-state index < -0.39 is 0 Å². The number of ether oxygens (including phenoxy) is 1. The van der Waals surface area contributed by atoms with Gasteiger partial charge in [0.05, 0.1) is 18.2 Å². The van der Waals surface area contributed by atoms with Crippen molar-refractivity contribution in [3.8, 4) is 0 Å². The first-order chi connectivity index (χ1) is 12.8. The first-order valence-corrected chi connectivity index (χ1v) is 9.96. The van der Waals surface area contributed by atoms with Gasteiger partial charge < -0.3 is 15.0 Å². The van der Waals surface area contributed by atoms with Crippen LogP contribution in [-0.2, 0) is 14.3 Å². The first kappa shape index (κ1) is 19.8. The number of morpholine rings is 1. The summed E-state index contributed by atoms with van der Waals surface area (Å²) in [7, 11) is 0. The fourth-order valence-corrected chi connectivity index (χ4v) is 4.22. The van der Waals surface area contributed by atoms with E-state index >= 15 is 0 Å². The molecule has 6 nitrogen and oxygen atoms in total. The lowest BCUT2D eigenvalue weighted by Gasteiger charge is -2.41. The summed E-state index contributed by atoms with van der Waals surface area (Å²) < 4.78 is 5.82. The lowest BCUT2D eigenvalue weighted by molar-refractivity contribution is -0.130. The average Bonchev–Trinajstić information content (AvgIpc) is 3.00. The van der Waals surface area contributed by atoms with Crippen LogP contribution in [0.15, 0.2) is 24.3 Å². The van der Waals surface area contributed by atoms with Gasteiger partial charge in [0.2, 0.25) is 11.8 Å². The van der Waals surface area contributed by atoms with Crippen LogP contribution in [0, 0.1) is 5.92 Å². The van der Waals surface area contributed by atoms with Gasteiger partial charge in [0.15, 0.2) is 0 Å². The van der Waals surface area contributed by atoms with E-state index in [-0.39, 0.29) is 36.0 Å². The minimum absolute atomic E-state index is 0.00352. The molecular formula is C21H31N3O3. The van der Waals surface area contributed by atoms with Gasteiger partial charge in [-0.15, -0.1) is 0 Å². The molecule has 2 saturated heterocycles. The average molecular weight is 373 g/mol. The molecule has 1 aromatic rings. The molecule has 2 heterocycles. The number of carbonyl (C=O) groups is 2. The molecule has 1 aromatic carbocycles. The number of benzene rings is 1. The van der Waals surface area contributed by atoms with Gasteiger partial charge in [-0.2, -0.15) is 0 Å². The molecule has 0 aromatic heterocycles. The van der Waals surface area contributed by atoms with Crippen molar-refractivity contribution in [2.24, 2.45) is 5.92 Å². The van der Waals surface area contributed by atoms with Gasteiger partial charge in [-0.25, -0.2) is 0 Å². The van der Waals surface area contributed by atoms with Crippen LogP contribution in [0.5, 0.6) is 0 Å². The molecule has 1 N–H and O–H groups in total. The zero-order valence-corrected chi connectivity index (χ0v) is 16.8. The van der Waals surface area contributed by atoms with Gasteiger partial charge in [0.1, 0.15) is 0 Å². The van der Waals surface area contributed by atoms with Gasteiger partial charge >= 0.3 is 0 Å². The van der Waals surface area contributed by atoms with Crippen molar-refractivity contribution in [1.82, 2.24) is 4.90 Å². The molecule has 0 spiro atoms. The van der Waals surface area contributed by atoms with E-state index in [1.807, 2.05) is 24.3 Å². The Morgan fingerprint density at radius 1 is 1.22 bits per heavy atom. The highest BCUT2D eigenvalue weighted by molar-refractivity contribution is 5.98. The van der Waals surface area contributed by atoms with Crippen LogP contribution in [0.3, 0.4) is 0 Å². The Hall–Kier alpha value is -1.92. The summed E-state index contributed by atoms with van der Waals surface area (Å²) in [5.41, 5.74) is 1.59. The van der Waals surface area contributed by atoms with Gasteiger partial charge in [-0.1, -0.05) is 19.9 Å². The van der Waals surface area contributed by atoms with Crippen LogP contribution in [0.2, 0.25) is 0 Å². The number of rotatable bonds is 5. The van der Waals surface area contributed by atoms with Crippen LogP contribution >= 0.6 is 0 Å². The van der Waals surface area contributed by atoms with E-state index in [0.29, 0.717) is 6.42 Å². The minimum Gasteiger partial charge on any atom is -0.373 e. The predicted octanol–water partition coefficient (Wildman–Crippen LogP) is 2.89. The summed E-state index contributed by atoms with van der Waals surface area (Å²) in [5.74, 6) is 0.330. The quantitative estimate of drug-likeness (QED) is 0.862. The van der Waals surface area contributed by atoms with Crippen molar-refractivity contribution in [2.75, 3.05) is 29.9 Å². The van der Waals surface area contributed by atoms with Crippen LogP contribution < -0.4 is 10.2 Å². The predicted molar refractivity (Wildman–Crippen MR) is 107 cm³/mol. The standard InChI is InChI=1S/C21H31N3O3/c1-14(2)20(23-12-15(3)27-16(4)13-23)21(26)22-17-7-5-8-18(11-17)24-10-6-9-19(24)25/h5,7-8,11,14-16,20H,6,9-10,12-13H2,1-4H3,(H,22,26). The Labute approximate surface area is 161 Å². The summed E-state index contributed by atoms with van der Waals surface area (Å²) >= 11 is 0. The van der Waals surface area contributed by atoms with E-state index in [1.54, 1.807) is 4.90 Å². The summed E-state index contributed by atoms with van der Waals surface area (Å²) in [5, 5.41) is 3.07. The summed E-state index contributed by atoms with van der Waals surface area (Å²) in [4.78, 5) is 29.1. The summed E-state index contributed by atoms with van der Waals surface area (Å²) in [6, 6.07) is 7.37. The van der Waals surface area contributed by atoms with Crippen LogP contribution in [0.25, 0.3) is 0 Å². The third-order valence-corrected chi connectivity index (χ3v) is 5.24. The van der Waals surface area contributed by atoms with Crippen molar-refractivity contribution in [1.29, 1.82) is 0 Å². The van der Waals surface area contributed by atoms with Gasteiger partial charge in [-0.3, -0.25) is 14.5 Å². The maximum Gasteiger partial charge on any atom is 0.241 e. The Kier molecular flexibility index (Phi) is 6.17. The number of hydrogen-bond acceptors (Lipinski definition) is 4. The SMILES string of the molecule is CC1CN(C(C(=O)Nc2cccc(N3CCCC3=O)c2)C(C)C)CC(C)O1. The highest BCUT2D eigenvalue weighted by atomic mass is 16.5. The molecule has 2 aliphatic heterocycles. The number of carbonyl (C=O) groups excluding carboxylic acids is 2. The van der Waals surface area contributed by atoms with Gasteiger partial charge in [0.25, 0.3) is 0 Å². The third-order valence-electron chi connectivity index (χ3n) is 5.24. The largest absolute Gasteiger partial charge is 0.373 e. The molecule has 3 rings (SSSR count). The zero-order chi connectivity index (χ0) is 19.6. The molecule has 0 radical (unpaired) electrons. The van der Waals surface area contributed by atoms with E-state index in [4.69, 9.17) is 4.74 Å². The third kappa shape index (κ3) is 4.68. The fraction of sp³-hybridized carbons (Fsp3) is 0.619. The highest BCUT2D eigenvalue weighted by Crippen LogP contribution is 2.25. The number of anilines is 2. The number of nitrogens with zero attached hydrogens (tertiary/aromatic N) is 2. The normalized spacial score (nSPS) is 25.1. The number of hydrogen-bond donors (Lipinski definition) is 1. The maximum absolute atomic E-state index is 13.1. The van der Waals surface area contributed by atoms with Crippen molar-refractivity contribution in [3.63, 3.8) is 0 Å². The van der Waals surface area contributed by atoms with Crippen LogP contribution in [-0.4, -0.2) is 54.6 Å². The molecule has 27 heavy (non-hydrogen) atoms. The maximum atomic E-state index is 13.1. The second-order valence-electron chi connectivity index (χ2n) is 8.09. The van der Waals surface area contributed by atoms with Crippen molar-refractivity contribution in [3.05, 3.63) is 24.3 Å². The molecule has 3 atom stereocenters. The number of amides is 2. The second-order valence-corrected chi connectivity index (χ2v) is 8.09.